The van der Waals surface area contributed by atoms with E-state index in [1.807, 2.05) is 6.92 Å². The Morgan fingerprint density at radius 2 is 1.83 bits per heavy atom. The maximum absolute atomic E-state index is 12.3. The first-order valence-corrected chi connectivity index (χ1v) is 8.49. The predicted molar refractivity (Wildman–Crippen MR) is 89.0 cm³/mol. The van der Waals surface area contributed by atoms with Crippen molar-refractivity contribution in [1.29, 1.82) is 0 Å². The molecule has 3 amide bonds. The molecule has 1 N–H and O–H groups in total. The molecular formula is C16H16N4O3S. The quantitative estimate of drug-likeness (QED) is 0.810. The number of nitrogens with zero attached hydrogens (tertiary/aromatic N) is 3. The molecule has 2 heterocycles. The number of carbonyl (C=O) groups excluding carboxylic acids is 3. The van der Waals surface area contributed by atoms with Crippen LogP contribution in [0.1, 0.15) is 45.5 Å². The minimum absolute atomic E-state index is 0.0967. The van der Waals surface area contributed by atoms with Gasteiger partial charge in [-0.1, -0.05) is 30.4 Å². The molecule has 0 unspecified atom stereocenters. The van der Waals surface area contributed by atoms with Crippen LogP contribution in [-0.2, 0) is 11.2 Å². The van der Waals surface area contributed by atoms with E-state index in [0.29, 0.717) is 34.1 Å². The number of amides is 3. The van der Waals surface area contributed by atoms with Crippen LogP contribution >= 0.6 is 11.3 Å². The third-order valence-electron chi connectivity index (χ3n) is 3.62. The lowest BCUT2D eigenvalue weighted by Gasteiger charge is -2.12. The highest BCUT2D eigenvalue weighted by atomic mass is 32.1. The SMILES string of the molecule is CCCC(=O)Nc1nnc(CCN2C(=O)c3ccccc3C2=O)s1. The second-order valence-corrected chi connectivity index (χ2v) is 6.42. The number of hydrogen-bond donors (Lipinski definition) is 1. The summed E-state index contributed by atoms with van der Waals surface area (Å²) in [5, 5.41) is 11.7. The molecule has 0 aliphatic carbocycles. The molecule has 3 rings (SSSR count). The van der Waals surface area contributed by atoms with E-state index >= 15 is 0 Å². The number of aromatic nitrogens is 2. The Morgan fingerprint density at radius 1 is 1.17 bits per heavy atom. The van der Waals surface area contributed by atoms with E-state index in [4.69, 9.17) is 0 Å². The fraction of sp³-hybridized carbons (Fsp3) is 0.312. The number of anilines is 1. The van der Waals surface area contributed by atoms with Gasteiger partial charge >= 0.3 is 0 Å². The van der Waals surface area contributed by atoms with E-state index in [2.05, 4.69) is 15.5 Å². The Hall–Kier alpha value is -2.61. The van der Waals surface area contributed by atoms with Gasteiger partial charge in [0.1, 0.15) is 5.01 Å². The molecule has 2 aromatic rings. The maximum atomic E-state index is 12.3. The highest BCUT2D eigenvalue weighted by Gasteiger charge is 2.34. The van der Waals surface area contributed by atoms with E-state index < -0.39 is 0 Å². The second kappa shape index (κ2) is 6.88. The van der Waals surface area contributed by atoms with Gasteiger partial charge in [0.15, 0.2) is 0 Å². The van der Waals surface area contributed by atoms with Crippen LogP contribution in [-0.4, -0.2) is 39.4 Å². The highest BCUT2D eigenvalue weighted by Crippen LogP contribution is 2.23. The lowest BCUT2D eigenvalue weighted by Crippen LogP contribution is -2.31. The molecule has 1 aromatic carbocycles. The average molecular weight is 344 g/mol. The third-order valence-corrected chi connectivity index (χ3v) is 4.52. The molecule has 124 valence electrons. The van der Waals surface area contributed by atoms with Gasteiger partial charge in [-0.15, -0.1) is 10.2 Å². The van der Waals surface area contributed by atoms with Gasteiger partial charge in [-0.25, -0.2) is 0 Å². The van der Waals surface area contributed by atoms with Gasteiger partial charge in [-0.2, -0.15) is 0 Å². The van der Waals surface area contributed by atoms with Gasteiger partial charge in [0.2, 0.25) is 11.0 Å². The Bertz CT molecular complexity index is 767. The summed E-state index contributed by atoms with van der Waals surface area (Å²) in [6.45, 7) is 2.16. The molecule has 0 atom stereocenters. The van der Waals surface area contributed by atoms with Crippen LogP contribution < -0.4 is 5.32 Å². The zero-order valence-electron chi connectivity index (χ0n) is 13.1. The van der Waals surface area contributed by atoms with E-state index in [1.165, 1.54) is 16.2 Å². The molecule has 24 heavy (non-hydrogen) atoms. The topological polar surface area (TPSA) is 92.3 Å². The van der Waals surface area contributed by atoms with Crippen LogP contribution in [0.5, 0.6) is 0 Å². The van der Waals surface area contributed by atoms with Gasteiger partial charge < -0.3 is 5.32 Å². The van der Waals surface area contributed by atoms with Gasteiger partial charge in [0, 0.05) is 19.4 Å². The first-order chi connectivity index (χ1) is 11.6. The summed E-state index contributed by atoms with van der Waals surface area (Å²) < 4.78 is 0. The lowest BCUT2D eigenvalue weighted by molar-refractivity contribution is -0.116. The van der Waals surface area contributed by atoms with Gasteiger partial charge in [-0.05, 0) is 18.6 Å². The van der Waals surface area contributed by atoms with Crippen LogP contribution in [0.4, 0.5) is 5.13 Å². The molecule has 8 heteroatoms. The zero-order chi connectivity index (χ0) is 17.1. The standard InChI is InChI=1S/C16H16N4O3S/c1-2-5-12(21)17-16-19-18-13(24-16)8-9-20-14(22)10-6-3-4-7-11(10)15(20)23/h3-4,6-7H,2,5,8-9H2,1H3,(H,17,19,21). The number of rotatable bonds is 6. The molecular weight excluding hydrogens is 328 g/mol. The summed E-state index contributed by atoms with van der Waals surface area (Å²) in [5.74, 6) is -0.659. The van der Waals surface area contributed by atoms with Crippen molar-refractivity contribution in [3.05, 3.63) is 40.4 Å². The van der Waals surface area contributed by atoms with Crippen molar-refractivity contribution in [2.75, 3.05) is 11.9 Å². The van der Waals surface area contributed by atoms with Crippen LogP contribution in [0, 0.1) is 0 Å². The van der Waals surface area contributed by atoms with E-state index in [-0.39, 0.29) is 24.3 Å². The minimum atomic E-state index is -0.281. The van der Waals surface area contributed by atoms with Crippen molar-refractivity contribution >= 4 is 34.2 Å². The van der Waals surface area contributed by atoms with Gasteiger partial charge in [-0.3, -0.25) is 19.3 Å². The number of nitrogens with one attached hydrogen (secondary N) is 1. The number of carbonyl (C=O) groups is 3. The second-order valence-electron chi connectivity index (χ2n) is 5.36. The molecule has 0 radical (unpaired) electrons. The van der Waals surface area contributed by atoms with Gasteiger partial charge in [0.25, 0.3) is 11.8 Å². The molecule has 1 aromatic heterocycles. The molecule has 0 fully saturated rings. The Labute approximate surface area is 142 Å². The number of imide groups is 1. The van der Waals surface area contributed by atoms with Crippen molar-refractivity contribution in [2.24, 2.45) is 0 Å². The number of fused-ring (bicyclic) bond motifs is 1. The predicted octanol–water partition coefficient (Wildman–Crippen LogP) is 2.12. The fourth-order valence-corrected chi connectivity index (χ4v) is 3.21. The summed E-state index contributed by atoms with van der Waals surface area (Å²) in [6, 6.07) is 6.79. The van der Waals surface area contributed by atoms with Crippen LogP contribution in [0.3, 0.4) is 0 Å². The van der Waals surface area contributed by atoms with Crippen molar-refractivity contribution < 1.29 is 14.4 Å². The Morgan fingerprint density at radius 3 is 2.46 bits per heavy atom. The van der Waals surface area contributed by atoms with E-state index in [9.17, 15) is 14.4 Å². The van der Waals surface area contributed by atoms with E-state index in [0.717, 1.165) is 6.42 Å². The van der Waals surface area contributed by atoms with E-state index in [1.54, 1.807) is 24.3 Å². The Balaban J connectivity index is 1.61. The van der Waals surface area contributed by atoms with Crippen molar-refractivity contribution in [3.63, 3.8) is 0 Å². The Kier molecular flexibility index (Phi) is 4.66. The third kappa shape index (κ3) is 3.18. The molecule has 1 aliphatic rings. The zero-order valence-corrected chi connectivity index (χ0v) is 13.9. The summed E-state index contributed by atoms with van der Waals surface area (Å²) >= 11 is 1.25. The summed E-state index contributed by atoms with van der Waals surface area (Å²) in [4.78, 5) is 37.3. The lowest BCUT2D eigenvalue weighted by atomic mass is 10.1. The largest absolute Gasteiger partial charge is 0.301 e. The monoisotopic (exact) mass is 344 g/mol. The molecule has 7 nitrogen and oxygen atoms in total. The first kappa shape index (κ1) is 16.3. The van der Waals surface area contributed by atoms with Crippen LogP contribution in [0.2, 0.25) is 0 Å². The first-order valence-electron chi connectivity index (χ1n) is 7.67. The summed E-state index contributed by atoms with van der Waals surface area (Å²) in [7, 11) is 0. The fourth-order valence-electron chi connectivity index (χ4n) is 2.46. The maximum Gasteiger partial charge on any atom is 0.261 e. The van der Waals surface area contributed by atoms with Crippen molar-refractivity contribution in [1.82, 2.24) is 15.1 Å². The van der Waals surface area contributed by atoms with Crippen LogP contribution in [0.15, 0.2) is 24.3 Å². The molecule has 0 saturated heterocycles. The molecule has 0 spiro atoms. The summed E-state index contributed by atoms with van der Waals surface area (Å²) in [5.41, 5.74) is 0.875. The normalized spacial score (nSPS) is 13.3. The molecule has 0 saturated carbocycles. The van der Waals surface area contributed by atoms with Crippen molar-refractivity contribution in [3.8, 4) is 0 Å². The van der Waals surface area contributed by atoms with Gasteiger partial charge in [0.05, 0.1) is 11.1 Å². The average Bonchev–Trinajstić information content (AvgIpc) is 3.10. The number of hydrogen-bond acceptors (Lipinski definition) is 6. The summed E-state index contributed by atoms with van der Waals surface area (Å²) in [6.07, 6.45) is 1.61. The van der Waals surface area contributed by atoms with Crippen molar-refractivity contribution in [2.45, 2.75) is 26.2 Å². The minimum Gasteiger partial charge on any atom is -0.301 e. The molecule has 0 bridgehead atoms. The number of benzene rings is 1. The van der Waals surface area contributed by atoms with Crippen LogP contribution in [0.25, 0.3) is 0 Å². The smallest absolute Gasteiger partial charge is 0.261 e. The molecule has 1 aliphatic heterocycles. The highest BCUT2D eigenvalue weighted by molar-refractivity contribution is 7.15.